The first-order chi connectivity index (χ1) is 13.3. The van der Waals surface area contributed by atoms with Crippen LogP contribution in [0.4, 0.5) is 22.7 Å². The molecule has 1 N–H and O–H groups in total. The number of benzene rings is 2. The van der Waals surface area contributed by atoms with Crippen molar-refractivity contribution < 1.29 is 22.4 Å². The number of hydrogen-bond acceptors (Lipinski definition) is 4. The van der Waals surface area contributed by atoms with E-state index < -0.39 is 23.5 Å². The largest absolute Gasteiger partial charge is 0.417 e. The standard InChI is InChI=1S/C19H15F4N3OS/c20-14-6-3-7-15-16(14)25-18(28-15)24-11-8-9-26(10-11)17(27)12-4-1-2-5-13(12)19(21,22)23/h1-7,11H,8-10H2,(H,24,25)/t11-/m1/s1. The van der Waals surface area contributed by atoms with Gasteiger partial charge in [0.1, 0.15) is 11.3 Å². The number of fused-ring (bicyclic) bond motifs is 1. The Morgan fingerprint density at radius 2 is 1.96 bits per heavy atom. The number of amides is 1. The quantitative estimate of drug-likeness (QED) is 0.634. The topological polar surface area (TPSA) is 45.2 Å². The molecular formula is C19H15F4N3OS. The smallest absolute Gasteiger partial charge is 0.357 e. The lowest BCUT2D eigenvalue weighted by atomic mass is 10.1. The summed E-state index contributed by atoms with van der Waals surface area (Å²) in [5, 5.41) is 3.69. The Morgan fingerprint density at radius 3 is 2.71 bits per heavy atom. The van der Waals surface area contributed by atoms with Gasteiger partial charge in [0.2, 0.25) is 0 Å². The number of anilines is 1. The summed E-state index contributed by atoms with van der Waals surface area (Å²) in [6.45, 7) is 0.589. The normalized spacial score (nSPS) is 17.3. The molecule has 1 aliphatic rings. The average molecular weight is 409 g/mol. The number of carbonyl (C=O) groups excluding carboxylic acids is 1. The molecule has 28 heavy (non-hydrogen) atoms. The lowest BCUT2D eigenvalue weighted by molar-refractivity contribution is -0.138. The Balaban J connectivity index is 1.48. The van der Waals surface area contributed by atoms with E-state index in [0.29, 0.717) is 22.8 Å². The molecule has 4 nitrogen and oxygen atoms in total. The first-order valence-corrected chi connectivity index (χ1v) is 9.41. The highest BCUT2D eigenvalue weighted by Crippen LogP contribution is 2.33. The third-order valence-electron chi connectivity index (χ3n) is 4.64. The minimum Gasteiger partial charge on any atom is -0.357 e. The number of rotatable bonds is 3. The summed E-state index contributed by atoms with van der Waals surface area (Å²) in [7, 11) is 0. The van der Waals surface area contributed by atoms with Crippen molar-refractivity contribution >= 4 is 32.6 Å². The maximum absolute atomic E-state index is 13.8. The van der Waals surface area contributed by atoms with Gasteiger partial charge in [-0.05, 0) is 30.7 Å². The Kier molecular flexibility index (Phi) is 4.70. The number of carbonyl (C=O) groups is 1. The molecule has 9 heteroatoms. The molecule has 1 atom stereocenters. The monoisotopic (exact) mass is 409 g/mol. The molecule has 1 saturated heterocycles. The molecule has 0 radical (unpaired) electrons. The lowest BCUT2D eigenvalue weighted by Gasteiger charge is -2.19. The second-order valence-electron chi connectivity index (χ2n) is 6.53. The van der Waals surface area contributed by atoms with Crippen LogP contribution in [-0.2, 0) is 6.18 Å². The van der Waals surface area contributed by atoms with E-state index in [0.717, 1.165) is 6.07 Å². The summed E-state index contributed by atoms with van der Waals surface area (Å²) < 4.78 is 54.0. The van der Waals surface area contributed by atoms with Crippen molar-refractivity contribution in [2.75, 3.05) is 18.4 Å². The van der Waals surface area contributed by atoms with Crippen LogP contribution in [0.15, 0.2) is 42.5 Å². The van der Waals surface area contributed by atoms with Gasteiger partial charge in [0.05, 0.1) is 15.8 Å². The second-order valence-corrected chi connectivity index (χ2v) is 7.56. The van der Waals surface area contributed by atoms with Crippen molar-refractivity contribution in [3.05, 3.63) is 59.4 Å². The van der Waals surface area contributed by atoms with E-state index in [1.165, 1.54) is 40.5 Å². The molecule has 0 spiro atoms. The van der Waals surface area contributed by atoms with Crippen molar-refractivity contribution in [1.82, 2.24) is 9.88 Å². The fourth-order valence-corrected chi connectivity index (χ4v) is 4.26. The Bertz CT molecular complexity index is 1030. The van der Waals surface area contributed by atoms with Gasteiger partial charge in [0, 0.05) is 19.1 Å². The minimum absolute atomic E-state index is 0.161. The highest BCUT2D eigenvalue weighted by atomic mass is 32.1. The Morgan fingerprint density at radius 1 is 1.18 bits per heavy atom. The molecule has 4 rings (SSSR count). The summed E-state index contributed by atoms with van der Waals surface area (Å²) >= 11 is 1.30. The van der Waals surface area contributed by atoms with E-state index >= 15 is 0 Å². The van der Waals surface area contributed by atoms with Crippen LogP contribution in [0.25, 0.3) is 10.2 Å². The van der Waals surface area contributed by atoms with Gasteiger partial charge in [-0.1, -0.05) is 29.5 Å². The summed E-state index contributed by atoms with van der Waals surface area (Å²) in [4.78, 5) is 18.3. The lowest BCUT2D eigenvalue weighted by Crippen LogP contribution is -2.32. The highest BCUT2D eigenvalue weighted by molar-refractivity contribution is 7.22. The molecule has 2 aromatic carbocycles. The van der Waals surface area contributed by atoms with Gasteiger partial charge < -0.3 is 10.2 Å². The third kappa shape index (κ3) is 3.54. The molecule has 1 amide bonds. The fraction of sp³-hybridized carbons (Fsp3) is 0.263. The zero-order valence-electron chi connectivity index (χ0n) is 14.5. The number of likely N-dealkylation sites (tertiary alicyclic amines) is 1. The van der Waals surface area contributed by atoms with Crippen LogP contribution in [-0.4, -0.2) is 34.9 Å². The third-order valence-corrected chi connectivity index (χ3v) is 5.59. The van der Waals surface area contributed by atoms with Gasteiger partial charge in [0.15, 0.2) is 5.13 Å². The van der Waals surface area contributed by atoms with Gasteiger partial charge in [-0.3, -0.25) is 4.79 Å². The molecule has 1 aromatic heterocycles. The zero-order chi connectivity index (χ0) is 19.9. The van der Waals surface area contributed by atoms with E-state index in [9.17, 15) is 22.4 Å². The molecule has 0 saturated carbocycles. The Labute approximate surface area is 161 Å². The number of alkyl halides is 3. The van der Waals surface area contributed by atoms with Crippen LogP contribution in [0, 0.1) is 5.82 Å². The van der Waals surface area contributed by atoms with Crippen molar-refractivity contribution in [1.29, 1.82) is 0 Å². The van der Waals surface area contributed by atoms with E-state index in [1.807, 2.05) is 0 Å². The van der Waals surface area contributed by atoms with Gasteiger partial charge in [-0.2, -0.15) is 13.2 Å². The number of halogens is 4. The summed E-state index contributed by atoms with van der Waals surface area (Å²) in [6.07, 6.45) is -4.02. The summed E-state index contributed by atoms with van der Waals surface area (Å²) in [5.41, 5.74) is -1.00. The first kappa shape index (κ1) is 18.7. The Hall–Kier alpha value is -2.68. The van der Waals surface area contributed by atoms with Crippen LogP contribution in [0.3, 0.4) is 0 Å². The molecule has 1 fully saturated rings. The number of aromatic nitrogens is 1. The van der Waals surface area contributed by atoms with Crippen LogP contribution >= 0.6 is 11.3 Å². The molecule has 1 aliphatic heterocycles. The van der Waals surface area contributed by atoms with E-state index in [1.54, 1.807) is 12.1 Å². The van der Waals surface area contributed by atoms with Gasteiger partial charge in [-0.25, -0.2) is 9.37 Å². The molecule has 146 valence electrons. The summed E-state index contributed by atoms with van der Waals surface area (Å²) in [5.74, 6) is -1.05. The molecule has 0 bridgehead atoms. The second kappa shape index (κ2) is 7.05. The van der Waals surface area contributed by atoms with Crippen molar-refractivity contribution in [3.8, 4) is 0 Å². The van der Waals surface area contributed by atoms with Crippen molar-refractivity contribution in [2.45, 2.75) is 18.6 Å². The van der Waals surface area contributed by atoms with Gasteiger partial charge in [0.25, 0.3) is 5.91 Å². The predicted molar refractivity (Wildman–Crippen MR) is 99.0 cm³/mol. The molecule has 2 heterocycles. The van der Waals surface area contributed by atoms with Crippen LogP contribution in [0.5, 0.6) is 0 Å². The molecule has 0 unspecified atom stereocenters. The molecule has 0 aliphatic carbocycles. The minimum atomic E-state index is -4.59. The number of thiazole rings is 1. The van der Waals surface area contributed by atoms with Crippen molar-refractivity contribution in [2.24, 2.45) is 0 Å². The first-order valence-electron chi connectivity index (χ1n) is 8.60. The maximum atomic E-state index is 13.8. The number of nitrogens with one attached hydrogen (secondary N) is 1. The maximum Gasteiger partial charge on any atom is 0.417 e. The van der Waals surface area contributed by atoms with E-state index in [2.05, 4.69) is 10.3 Å². The van der Waals surface area contributed by atoms with Crippen LogP contribution in [0.2, 0.25) is 0 Å². The van der Waals surface area contributed by atoms with Crippen molar-refractivity contribution in [3.63, 3.8) is 0 Å². The number of para-hydroxylation sites is 1. The van der Waals surface area contributed by atoms with Gasteiger partial charge in [-0.15, -0.1) is 0 Å². The van der Waals surface area contributed by atoms with Crippen LogP contribution in [0.1, 0.15) is 22.3 Å². The highest BCUT2D eigenvalue weighted by Gasteiger charge is 2.37. The summed E-state index contributed by atoms with van der Waals surface area (Å²) in [6, 6.07) is 9.33. The van der Waals surface area contributed by atoms with E-state index in [4.69, 9.17) is 0 Å². The number of hydrogen-bond donors (Lipinski definition) is 1. The predicted octanol–water partition coefficient (Wildman–Crippen LogP) is 4.78. The SMILES string of the molecule is O=C(c1ccccc1C(F)(F)F)N1CC[C@@H](Nc2nc3c(F)cccc3s2)C1. The van der Waals surface area contributed by atoms with E-state index in [-0.39, 0.29) is 23.7 Å². The van der Waals surface area contributed by atoms with Crippen LogP contribution < -0.4 is 5.32 Å². The molecular weight excluding hydrogens is 394 g/mol. The van der Waals surface area contributed by atoms with Gasteiger partial charge >= 0.3 is 6.18 Å². The average Bonchev–Trinajstić information content (AvgIpc) is 3.28. The number of nitrogens with zero attached hydrogens (tertiary/aromatic N) is 2. The molecule has 3 aromatic rings. The fourth-order valence-electron chi connectivity index (χ4n) is 3.30. The zero-order valence-corrected chi connectivity index (χ0v) is 15.3.